The van der Waals surface area contributed by atoms with E-state index in [1.807, 2.05) is 49.4 Å². The van der Waals surface area contributed by atoms with Crippen molar-refractivity contribution < 1.29 is 28.5 Å². The molecule has 0 radical (unpaired) electrons. The van der Waals surface area contributed by atoms with Crippen LogP contribution in [0.4, 0.5) is 0 Å². The monoisotopic (exact) mass is 479 g/mol. The summed E-state index contributed by atoms with van der Waals surface area (Å²) in [7, 11) is 0. The first-order valence-corrected chi connectivity index (χ1v) is 11.1. The molecule has 0 atom stereocenters. The van der Waals surface area contributed by atoms with Crippen LogP contribution in [0.25, 0.3) is 16.8 Å². The molecule has 0 unspecified atom stereocenters. The molecule has 0 saturated heterocycles. The largest absolute Gasteiger partial charge is 0.490 e. The fraction of sp³-hybridized carbons (Fsp3) is 0.192. The molecule has 3 aromatic rings. The number of carbonyl (C=O) groups is 2. The Kier molecular flexibility index (Phi) is 7.13. The number of benzene rings is 3. The SMILES string of the molecule is CCOC(=O)COc1c(Cl)cc(/C=C2\N=C(c3ccc4ccccc4c3)OC2=O)cc1OCC. The van der Waals surface area contributed by atoms with Gasteiger partial charge in [-0.25, -0.2) is 14.6 Å². The highest BCUT2D eigenvalue weighted by Gasteiger charge is 2.25. The van der Waals surface area contributed by atoms with E-state index in [2.05, 4.69) is 4.99 Å². The van der Waals surface area contributed by atoms with Gasteiger partial charge in [0.2, 0.25) is 5.90 Å². The maximum Gasteiger partial charge on any atom is 0.363 e. The van der Waals surface area contributed by atoms with Crippen molar-refractivity contribution in [1.82, 2.24) is 0 Å². The summed E-state index contributed by atoms with van der Waals surface area (Å²) in [6.07, 6.45) is 1.56. The quantitative estimate of drug-likeness (QED) is 0.327. The molecule has 0 spiro atoms. The summed E-state index contributed by atoms with van der Waals surface area (Å²) in [4.78, 5) is 28.5. The molecular formula is C26H22ClNO6. The summed E-state index contributed by atoms with van der Waals surface area (Å²) in [5.74, 6) is -0.312. The van der Waals surface area contributed by atoms with Crippen LogP contribution in [-0.2, 0) is 19.1 Å². The van der Waals surface area contributed by atoms with Gasteiger partial charge in [-0.2, -0.15) is 0 Å². The molecule has 174 valence electrons. The van der Waals surface area contributed by atoms with Crippen LogP contribution in [0.2, 0.25) is 5.02 Å². The molecule has 1 heterocycles. The minimum Gasteiger partial charge on any atom is -0.490 e. The Labute approximate surface area is 201 Å². The molecule has 1 aliphatic rings. The molecule has 34 heavy (non-hydrogen) atoms. The molecule has 0 aromatic heterocycles. The van der Waals surface area contributed by atoms with Gasteiger partial charge in [0.15, 0.2) is 23.8 Å². The van der Waals surface area contributed by atoms with Crippen LogP contribution < -0.4 is 9.47 Å². The predicted octanol–water partition coefficient (Wildman–Crippen LogP) is 5.18. The van der Waals surface area contributed by atoms with Crippen LogP contribution in [0.15, 0.2) is 65.3 Å². The van der Waals surface area contributed by atoms with E-state index in [-0.39, 0.29) is 35.6 Å². The van der Waals surface area contributed by atoms with E-state index < -0.39 is 11.9 Å². The van der Waals surface area contributed by atoms with Crippen molar-refractivity contribution in [2.24, 2.45) is 4.99 Å². The molecule has 0 saturated carbocycles. The molecule has 8 heteroatoms. The van der Waals surface area contributed by atoms with E-state index >= 15 is 0 Å². The molecule has 7 nitrogen and oxygen atoms in total. The van der Waals surface area contributed by atoms with E-state index in [1.165, 1.54) is 0 Å². The van der Waals surface area contributed by atoms with Crippen LogP contribution in [0.5, 0.6) is 11.5 Å². The second-order valence-corrected chi connectivity index (χ2v) is 7.66. The third-order valence-corrected chi connectivity index (χ3v) is 5.17. The number of aliphatic imine (C=N–C) groups is 1. The maximum atomic E-state index is 12.5. The Balaban J connectivity index is 1.62. The van der Waals surface area contributed by atoms with Gasteiger partial charge in [-0.1, -0.05) is 41.9 Å². The zero-order valence-corrected chi connectivity index (χ0v) is 19.4. The van der Waals surface area contributed by atoms with E-state index in [0.29, 0.717) is 23.5 Å². The van der Waals surface area contributed by atoms with Crippen molar-refractivity contribution in [3.8, 4) is 11.5 Å². The van der Waals surface area contributed by atoms with Gasteiger partial charge >= 0.3 is 11.9 Å². The summed E-state index contributed by atoms with van der Waals surface area (Å²) in [5.41, 5.74) is 1.39. The standard InChI is InChI=1S/C26H22ClNO6/c1-3-31-22-13-16(11-20(27)24(22)33-15-23(29)32-4-2)12-21-26(30)34-25(28-21)19-10-9-17-7-5-6-8-18(17)14-19/h5-14H,3-4,15H2,1-2H3/b21-12-. The van der Waals surface area contributed by atoms with Gasteiger partial charge < -0.3 is 18.9 Å². The lowest BCUT2D eigenvalue weighted by Gasteiger charge is -2.14. The fourth-order valence-electron chi connectivity index (χ4n) is 3.42. The van der Waals surface area contributed by atoms with Crippen LogP contribution >= 0.6 is 11.6 Å². The van der Waals surface area contributed by atoms with Crippen LogP contribution in [0, 0.1) is 0 Å². The van der Waals surface area contributed by atoms with Crippen molar-refractivity contribution in [3.63, 3.8) is 0 Å². The third kappa shape index (κ3) is 5.21. The Bertz CT molecular complexity index is 1310. The van der Waals surface area contributed by atoms with Gasteiger partial charge in [0.25, 0.3) is 0 Å². The summed E-state index contributed by atoms with van der Waals surface area (Å²) in [5, 5.41) is 2.31. The zero-order valence-electron chi connectivity index (χ0n) is 18.7. The summed E-state index contributed by atoms with van der Waals surface area (Å²) in [6.45, 7) is 3.81. The highest BCUT2D eigenvalue weighted by Crippen LogP contribution is 2.37. The molecule has 3 aromatic carbocycles. The van der Waals surface area contributed by atoms with Crippen molar-refractivity contribution in [2.45, 2.75) is 13.8 Å². The number of hydrogen-bond acceptors (Lipinski definition) is 7. The summed E-state index contributed by atoms with van der Waals surface area (Å²) in [6, 6.07) is 16.9. The summed E-state index contributed by atoms with van der Waals surface area (Å²) < 4.78 is 21.4. The van der Waals surface area contributed by atoms with Crippen molar-refractivity contribution in [1.29, 1.82) is 0 Å². The smallest absolute Gasteiger partial charge is 0.363 e. The Hall–Kier alpha value is -3.84. The van der Waals surface area contributed by atoms with Gasteiger partial charge in [0.1, 0.15) is 0 Å². The Morgan fingerprint density at radius 3 is 2.59 bits per heavy atom. The lowest BCUT2D eigenvalue weighted by molar-refractivity contribution is -0.145. The number of cyclic esters (lactones) is 1. The number of rotatable bonds is 8. The molecule has 0 fully saturated rings. The fourth-order valence-corrected chi connectivity index (χ4v) is 3.69. The molecular weight excluding hydrogens is 458 g/mol. The molecule has 0 aliphatic carbocycles. The third-order valence-electron chi connectivity index (χ3n) is 4.89. The highest BCUT2D eigenvalue weighted by atomic mass is 35.5. The van der Waals surface area contributed by atoms with E-state index in [4.69, 9.17) is 30.5 Å². The van der Waals surface area contributed by atoms with Crippen LogP contribution in [0.1, 0.15) is 25.0 Å². The first-order valence-electron chi connectivity index (χ1n) is 10.7. The van der Waals surface area contributed by atoms with Gasteiger partial charge in [0, 0.05) is 5.56 Å². The van der Waals surface area contributed by atoms with E-state index in [0.717, 1.165) is 10.8 Å². The second-order valence-electron chi connectivity index (χ2n) is 7.25. The predicted molar refractivity (Wildman–Crippen MR) is 129 cm³/mol. The number of halogens is 1. The van der Waals surface area contributed by atoms with Crippen molar-refractivity contribution >= 4 is 46.3 Å². The molecule has 1 aliphatic heterocycles. The number of esters is 2. The van der Waals surface area contributed by atoms with Gasteiger partial charge in [-0.05, 0) is 60.5 Å². The number of carbonyl (C=O) groups excluding carboxylic acids is 2. The molecule has 0 amide bonds. The van der Waals surface area contributed by atoms with Crippen LogP contribution in [0.3, 0.4) is 0 Å². The van der Waals surface area contributed by atoms with Crippen LogP contribution in [-0.4, -0.2) is 37.7 Å². The van der Waals surface area contributed by atoms with Crippen molar-refractivity contribution in [2.75, 3.05) is 19.8 Å². The van der Waals surface area contributed by atoms with Gasteiger partial charge in [-0.15, -0.1) is 0 Å². The molecule has 0 bridgehead atoms. The lowest BCUT2D eigenvalue weighted by Crippen LogP contribution is -2.15. The maximum absolute atomic E-state index is 12.5. The molecule has 0 N–H and O–H groups in total. The van der Waals surface area contributed by atoms with Gasteiger partial charge in [-0.3, -0.25) is 0 Å². The first kappa shape index (κ1) is 23.3. The first-order chi connectivity index (χ1) is 16.5. The van der Waals surface area contributed by atoms with E-state index in [9.17, 15) is 9.59 Å². The van der Waals surface area contributed by atoms with E-state index in [1.54, 1.807) is 25.1 Å². The highest BCUT2D eigenvalue weighted by molar-refractivity contribution is 6.32. The Morgan fingerprint density at radius 1 is 1.03 bits per heavy atom. The van der Waals surface area contributed by atoms with Crippen molar-refractivity contribution in [3.05, 3.63) is 76.4 Å². The number of ether oxygens (including phenoxy) is 4. The number of fused-ring (bicyclic) bond motifs is 1. The number of hydrogen-bond donors (Lipinski definition) is 0. The minimum absolute atomic E-state index is 0.127. The minimum atomic E-state index is -0.570. The Morgan fingerprint density at radius 2 is 1.82 bits per heavy atom. The average Bonchev–Trinajstić information content (AvgIpc) is 3.18. The summed E-state index contributed by atoms with van der Waals surface area (Å²) >= 11 is 6.39. The second kappa shape index (κ2) is 10.4. The topological polar surface area (TPSA) is 83.4 Å². The normalized spacial score (nSPS) is 14.1. The average molecular weight is 480 g/mol. The van der Waals surface area contributed by atoms with Gasteiger partial charge in [0.05, 0.1) is 18.2 Å². The number of nitrogens with zero attached hydrogens (tertiary/aromatic N) is 1. The zero-order chi connectivity index (χ0) is 24.1. The lowest BCUT2D eigenvalue weighted by atomic mass is 10.1. The molecule has 4 rings (SSSR count).